The van der Waals surface area contributed by atoms with E-state index in [4.69, 9.17) is 10.2 Å². The first-order chi connectivity index (χ1) is 8.88. The van der Waals surface area contributed by atoms with Gasteiger partial charge in [0.25, 0.3) is 0 Å². The van der Waals surface area contributed by atoms with Crippen LogP contribution in [0.5, 0.6) is 0 Å². The molecular weight excluding hydrogens is 264 g/mol. The van der Waals surface area contributed by atoms with E-state index in [0.717, 1.165) is 5.76 Å². The molecule has 102 valence electrons. The van der Waals surface area contributed by atoms with Crippen LogP contribution in [0, 0.1) is 6.92 Å². The van der Waals surface area contributed by atoms with Gasteiger partial charge in [0.15, 0.2) is 0 Å². The summed E-state index contributed by atoms with van der Waals surface area (Å²) in [6.07, 6.45) is 0. The minimum absolute atomic E-state index is 0.178. The van der Waals surface area contributed by atoms with E-state index >= 15 is 0 Å². The number of furan rings is 1. The summed E-state index contributed by atoms with van der Waals surface area (Å²) in [7, 11) is -3.58. The second-order valence-electron chi connectivity index (χ2n) is 4.36. The van der Waals surface area contributed by atoms with E-state index < -0.39 is 16.1 Å². The molecule has 2 aromatic rings. The van der Waals surface area contributed by atoms with Crippen molar-refractivity contribution in [3.8, 4) is 0 Å². The highest BCUT2D eigenvalue weighted by atomic mass is 32.2. The molecule has 5 nitrogen and oxygen atoms in total. The van der Waals surface area contributed by atoms with Crippen molar-refractivity contribution in [2.24, 2.45) is 0 Å². The third-order valence-corrected chi connectivity index (χ3v) is 4.27. The van der Waals surface area contributed by atoms with E-state index in [1.807, 2.05) is 6.92 Å². The quantitative estimate of drug-likeness (QED) is 0.841. The number of nitrogens with one attached hydrogen (secondary N) is 1. The maximum atomic E-state index is 12.1. The average Bonchev–Trinajstić information content (AvgIpc) is 2.76. The summed E-state index contributed by atoms with van der Waals surface area (Å²) in [5.41, 5.74) is 6.06. The van der Waals surface area contributed by atoms with Gasteiger partial charge < -0.3 is 10.2 Å². The molecule has 3 N–H and O–H groups in total. The van der Waals surface area contributed by atoms with Crippen LogP contribution >= 0.6 is 0 Å². The van der Waals surface area contributed by atoms with Gasteiger partial charge in [-0.05, 0) is 50.2 Å². The summed E-state index contributed by atoms with van der Waals surface area (Å²) in [5, 5.41) is 0. The number of hydrogen-bond donors (Lipinski definition) is 2. The molecule has 2 rings (SSSR count). The summed E-state index contributed by atoms with van der Waals surface area (Å²) in [5.74, 6) is 1.32. The lowest BCUT2D eigenvalue weighted by molar-refractivity contribution is 0.441. The molecular formula is C13H16N2O3S. The number of aryl methyl sites for hydroxylation is 1. The van der Waals surface area contributed by atoms with E-state index in [-0.39, 0.29) is 4.90 Å². The van der Waals surface area contributed by atoms with E-state index in [1.165, 1.54) is 12.1 Å². The standard InChI is InChI=1S/C13H16N2O3S/c1-9-3-8-13(18-9)10(2)15-19(16,17)12-6-4-11(14)5-7-12/h3-8,10,15H,14H2,1-2H3. The van der Waals surface area contributed by atoms with Crippen molar-refractivity contribution in [1.82, 2.24) is 4.72 Å². The molecule has 0 bridgehead atoms. The Hall–Kier alpha value is -1.79. The number of nitrogens with two attached hydrogens (primary N) is 1. The number of anilines is 1. The lowest BCUT2D eigenvalue weighted by atomic mass is 10.3. The Balaban J connectivity index is 2.19. The summed E-state index contributed by atoms with van der Waals surface area (Å²) >= 11 is 0. The first-order valence-corrected chi connectivity index (χ1v) is 7.31. The summed E-state index contributed by atoms with van der Waals surface area (Å²) in [6.45, 7) is 3.54. The molecule has 0 amide bonds. The molecule has 0 radical (unpaired) electrons. The molecule has 0 spiro atoms. The minimum Gasteiger partial charge on any atom is -0.465 e. The Kier molecular flexibility index (Phi) is 3.64. The number of nitrogen functional groups attached to an aromatic ring is 1. The highest BCUT2D eigenvalue weighted by Crippen LogP contribution is 2.19. The van der Waals surface area contributed by atoms with Crippen molar-refractivity contribution >= 4 is 15.7 Å². The molecule has 6 heteroatoms. The molecule has 1 aromatic heterocycles. The second-order valence-corrected chi connectivity index (χ2v) is 6.07. The predicted molar refractivity (Wildman–Crippen MR) is 73.0 cm³/mol. The van der Waals surface area contributed by atoms with Crippen molar-refractivity contribution in [2.75, 3.05) is 5.73 Å². The Labute approximate surface area is 112 Å². The van der Waals surface area contributed by atoms with Crippen molar-refractivity contribution in [3.63, 3.8) is 0 Å². The molecule has 0 aliphatic heterocycles. The Morgan fingerprint density at radius 3 is 2.32 bits per heavy atom. The number of sulfonamides is 1. The van der Waals surface area contributed by atoms with E-state index in [0.29, 0.717) is 11.4 Å². The Morgan fingerprint density at radius 1 is 1.16 bits per heavy atom. The van der Waals surface area contributed by atoms with Crippen LogP contribution in [-0.4, -0.2) is 8.42 Å². The van der Waals surface area contributed by atoms with Crippen molar-refractivity contribution in [1.29, 1.82) is 0 Å². The van der Waals surface area contributed by atoms with Gasteiger partial charge in [0.2, 0.25) is 10.0 Å². The van der Waals surface area contributed by atoms with Crippen LogP contribution < -0.4 is 10.5 Å². The number of benzene rings is 1. The molecule has 0 saturated carbocycles. The number of hydrogen-bond acceptors (Lipinski definition) is 4. The van der Waals surface area contributed by atoms with Gasteiger partial charge in [0.1, 0.15) is 11.5 Å². The summed E-state index contributed by atoms with van der Waals surface area (Å²) in [6, 6.07) is 9.16. The van der Waals surface area contributed by atoms with Gasteiger partial charge in [0.05, 0.1) is 10.9 Å². The van der Waals surface area contributed by atoms with Crippen LogP contribution in [0.4, 0.5) is 5.69 Å². The molecule has 1 aromatic carbocycles. The largest absolute Gasteiger partial charge is 0.465 e. The van der Waals surface area contributed by atoms with Crippen LogP contribution in [-0.2, 0) is 10.0 Å². The van der Waals surface area contributed by atoms with Crippen LogP contribution in [0.1, 0.15) is 24.5 Å². The molecule has 0 fully saturated rings. The topological polar surface area (TPSA) is 85.3 Å². The fourth-order valence-corrected chi connectivity index (χ4v) is 2.90. The van der Waals surface area contributed by atoms with Crippen molar-refractivity contribution in [2.45, 2.75) is 24.8 Å². The van der Waals surface area contributed by atoms with E-state index in [1.54, 1.807) is 31.2 Å². The van der Waals surface area contributed by atoms with Crippen LogP contribution in [0.25, 0.3) is 0 Å². The zero-order valence-corrected chi connectivity index (χ0v) is 11.6. The van der Waals surface area contributed by atoms with Gasteiger partial charge in [-0.3, -0.25) is 0 Å². The Bertz CT molecular complexity index is 659. The van der Waals surface area contributed by atoms with E-state index in [2.05, 4.69) is 4.72 Å². The zero-order chi connectivity index (χ0) is 14.0. The maximum absolute atomic E-state index is 12.1. The fraction of sp³-hybridized carbons (Fsp3) is 0.231. The van der Waals surface area contributed by atoms with Crippen molar-refractivity contribution < 1.29 is 12.8 Å². The first kappa shape index (κ1) is 13.6. The highest BCUT2D eigenvalue weighted by Gasteiger charge is 2.19. The van der Waals surface area contributed by atoms with Gasteiger partial charge >= 0.3 is 0 Å². The molecule has 0 aliphatic rings. The van der Waals surface area contributed by atoms with Crippen LogP contribution in [0.15, 0.2) is 45.7 Å². The van der Waals surface area contributed by atoms with Crippen LogP contribution in [0.2, 0.25) is 0 Å². The summed E-state index contributed by atoms with van der Waals surface area (Å²) in [4.78, 5) is 0.178. The van der Waals surface area contributed by atoms with Crippen molar-refractivity contribution in [3.05, 3.63) is 47.9 Å². The normalized spacial score (nSPS) is 13.4. The molecule has 1 heterocycles. The Morgan fingerprint density at radius 2 is 1.79 bits per heavy atom. The van der Waals surface area contributed by atoms with Gasteiger partial charge in [-0.2, -0.15) is 0 Å². The van der Waals surface area contributed by atoms with Gasteiger partial charge in [-0.15, -0.1) is 0 Å². The zero-order valence-electron chi connectivity index (χ0n) is 10.8. The average molecular weight is 280 g/mol. The monoisotopic (exact) mass is 280 g/mol. The van der Waals surface area contributed by atoms with Gasteiger partial charge in [-0.25, -0.2) is 13.1 Å². The fourth-order valence-electron chi connectivity index (χ4n) is 1.69. The highest BCUT2D eigenvalue weighted by molar-refractivity contribution is 7.89. The van der Waals surface area contributed by atoms with Gasteiger partial charge in [-0.1, -0.05) is 0 Å². The lowest BCUT2D eigenvalue weighted by Gasteiger charge is -2.12. The third-order valence-electron chi connectivity index (χ3n) is 2.71. The van der Waals surface area contributed by atoms with E-state index in [9.17, 15) is 8.42 Å². The maximum Gasteiger partial charge on any atom is 0.241 e. The van der Waals surface area contributed by atoms with Gasteiger partial charge in [0, 0.05) is 5.69 Å². The molecule has 0 aliphatic carbocycles. The third kappa shape index (κ3) is 3.15. The molecule has 0 saturated heterocycles. The number of rotatable bonds is 4. The molecule has 1 unspecified atom stereocenters. The van der Waals surface area contributed by atoms with Crippen LogP contribution in [0.3, 0.4) is 0 Å². The molecule has 1 atom stereocenters. The SMILES string of the molecule is Cc1ccc(C(C)NS(=O)(=O)c2ccc(N)cc2)o1. The first-order valence-electron chi connectivity index (χ1n) is 5.83. The minimum atomic E-state index is -3.58. The molecule has 19 heavy (non-hydrogen) atoms. The lowest BCUT2D eigenvalue weighted by Crippen LogP contribution is -2.26. The smallest absolute Gasteiger partial charge is 0.241 e. The predicted octanol–water partition coefficient (Wildman–Crippen LogP) is 2.21. The second kappa shape index (κ2) is 5.07. The summed E-state index contributed by atoms with van der Waals surface area (Å²) < 4.78 is 32.2.